The Morgan fingerprint density at radius 1 is 1.30 bits per heavy atom. The Balaban J connectivity index is 1.90. The molecule has 0 radical (unpaired) electrons. The van der Waals surface area contributed by atoms with Crippen LogP contribution in [0.15, 0.2) is 35.6 Å². The third kappa shape index (κ3) is 4.45. The predicted molar refractivity (Wildman–Crippen MR) is 99.4 cm³/mol. The zero-order valence-corrected chi connectivity index (χ0v) is 15.4. The number of carbonyl (C=O) groups is 1. The molecule has 7 nitrogen and oxygen atoms in total. The molecule has 1 amide bonds. The van der Waals surface area contributed by atoms with Gasteiger partial charge in [-0.1, -0.05) is 0 Å². The number of amides is 1. The van der Waals surface area contributed by atoms with E-state index >= 15 is 0 Å². The number of aromatic nitrogens is 2. The lowest BCUT2D eigenvalue weighted by Crippen LogP contribution is -2.40. The van der Waals surface area contributed by atoms with E-state index in [4.69, 9.17) is 9.88 Å². The van der Waals surface area contributed by atoms with Gasteiger partial charge in [-0.2, -0.15) is 0 Å². The maximum absolute atomic E-state index is 13.5. The molecule has 0 saturated carbocycles. The van der Waals surface area contributed by atoms with Gasteiger partial charge in [0, 0.05) is 44.0 Å². The molecule has 0 atom stereocenters. The molecule has 0 spiro atoms. The van der Waals surface area contributed by atoms with Crippen molar-refractivity contribution in [2.24, 2.45) is 5.14 Å². The van der Waals surface area contributed by atoms with Crippen LogP contribution in [0.5, 0.6) is 5.75 Å². The van der Waals surface area contributed by atoms with E-state index < -0.39 is 11.8 Å². The Labute approximate surface area is 159 Å². The molecule has 0 aliphatic carbocycles. The molecular weight excluding hydrogens is 376 g/mol. The fourth-order valence-electron chi connectivity index (χ4n) is 2.85. The van der Waals surface area contributed by atoms with Crippen LogP contribution < -0.4 is 20.1 Å². The van der Waals surface area contributed by atoms with Crippen molar-refractivity contribution in [2.75, 3.05) is 30.4 Å². The Morgan fingerprint density at radius 3 is 2.67 bits per heavy atom. The fourth-order valence-corrected chi connectivity index (χ4v) is 3.16. The van der Waals surface area contributed by atoms with Gasteiger partial charge in [-0.3, -0.25) is 9.93 Å². The van der Waals surface area contributed by atoms with E-state index in [1.807, 2.05) is 0 Å². The van der Waals surface area contributed by atoms with Crippen LogP contribution in [-0.4, -0.2) is 42.0 Å². The van der Waals surface area contributed by atoms with Gasteiger partial charge in [0.25, 0.3) is 11.8 Å². The average molecular weight is 395 g/mol. The first kappa shape index (κ1) is 19.3. The van der Waals surface area contributed by atoms with Crippen LogP contribution in [0.1, 0.15) is 23.2 Å². The number of methoxy groups -OCH3 is 1. The van der Waals surface area contributed by atoms with Crippen molar-refractivity contribution < 1.29 is 18.3 Å². The van der Waals surface area contributed by atoms with Gasteiger partial charge in [0.2, 0.25) is 0 Å². The average Bonchev–Trinajstić information content (AvgIpc) is 2.67. The summed E-state index contributed by atoms with van der Waals surface area (Å²) in [6.07, 6.45) is 2.45. The summed E-state index contributed by atoms with van der Waals surface area (Å²) in [6, 6.07) is 4.82. The number of pyridine rings is 2. The minimum Gasteiger partial charge on any atom is -0.496 e. The fraction of sp³-hybridized carbons (Fsp3) is 0.353. The minimum atomic E-state index is -2.69. The van der Waals surface area contributed by atoms with Crippen molar-refractivity contribution in [2.45, 2.75) is 23.8 Å². The second-order valence-corrected chi connectivity index (χ2v) is 6.66. The second-order valence-electron chi connectivity index (χ2n) is 6.01. The highest BCUT2D eigenvalue weighted by Crippen LogP contribution is 2.34. The molecule has 10 heteroatoms. The third-order valence-electron chi connectivity index (χ3n) is 4.25. The van der Waals surface area contributed by atoms with Gasteiger partial charge in [0.05, 0.1) is 7.11 Å². The number of alkyl halides is 2. The largest absolute Gasteiger partial charge is 0.496 e. The van der Waals surface area contributed by atoms with E-state index in [-0.39, 0.29) is 31.5 Å². The van der Waals surface area contributed by atoms with Crippen molar-refractivity contribution >= 4 is 29.4 Å². The lowest BCUT2D eigenvalue weighted by atomic mass is 10.1. The second kappa shape index (κ2) is 8.05. The molecule has 1 aliphatic heterocycles. The van der Waals surface area contributed by atoms with E-state index in [9.17, 15) is 13.6 Å². The zero-order valence-electron chi connectivity index (χ0n) is 14.6. The van der Waals surface area contributed by atoms with Gasteiger partial charge in [-0.15, -0.1) is 0 Å². The number of nitrogens with two attached hydrogens (primary N) is 1. The highest BCUT2D eigenvalue weighted by atomic mass is 32.2. The highest BCUT2D eigenvalue weighted by Gasteiger charge is 2.36. The van der Waals surface area contributed by atoms with E-state index in [0.29, 0.717) is 22.3 Å². The standard InChI is InChI=1S/C17H19F2N5O2S/c1-26-12-3-7-22-15(24-8-4-17(18,19)5-9-24)14(12)16(25)23-11-2-6-21-13(10-11)27-20/h2-3,6-7,10H,4-5,8-9,20H2,1H3,(H,21,23,25). The number of piperidine rings is 1. The first-order valence-electron chi connectivity index (χ1n) is 8.23. The molecule has 3 rings (SSSR count). The number of hydrogen-bond acceptors (Lipinski definition) is 7. The number of anilines is 2. The van der Waals surface area contributed by atoms with Crippen LogP contribution in [0, 0.1) is 0 Å². The first-order chi connectivity index (χ1) is 12.9. The summed E-state index contributed by atoms with van der Waals surface area (Å²) in [5, 5.41) is 8.80. The number of nitrogens with zero attached hydrogens (tertiary/aromatic N) is 3. The summed E-state index contributed by atoms with van der Waals surface area (Å²) in [7, 11) is 1.44. The maximum atomic E-state index is 13.5. The molecule has 1 aliphatic rings. The van der Waals surface area contributed by atoms with Crippen LogP contribution in [-0.2, 0) is 0 Å². The summed E-state index contributed by atoms with van der Waals surface area (Å²) in [4.78, 5) is 22.9. The predicted octanol–water partition coefficient (Wildman–Crippen LogP) is 2.94. The smallest absolute Gasteiger partial charge is 0.263 e. The van der Waals surface area contributed by atoms with Crippen LogP contribution in [0.3, 0.4) is 0 Å². The van der Waals surface area contributed by atoms with Crippen molar-refractivity contribution in [3.63, 3.8) is 0 Å². The van der Waals surface area contributed by atoms with Crippen molar-refractivity contribution in [3.8, 4) is 5.75 Å². The van der Waals surface area contributed by atoms with Gasteiger partial charge < -0.3 is 15.0 Å². The van der Waals surface area contributed by atoms with E-state index in [2.05, 4.69) is 15.3 Å². The summed E-state index contributed by atoms with van der Waals surface area (Å²) >= 11 is 0.960. The van der Waals surface area contributed by atoms with E-state index in [0.717, 1.165) is 11.9 Å². The number of ether oxygens (including phenoxy) is 1. The quantitative estimate of drug-likeness (QED) is 0.752. The van der Waals surface area contributed by atoms with Crippen molar-refractivity contribution in [1.29, 1.82) is 0 Å². The molecule has 0 unspecified atom stereocenters. The monoisotopic (exact) mass is 395 g/mol. The number of rotatable bonds is 5. The molecule has 1 saturated heterocycles. The molecule has 2 aromatic rings. The Morgan fingerprint density at radius 2 is 2.00 bits per heavy atom. The van der Waals surface area contributed by atoms with Crippen molar-refractivity contribution in [1.82, 2.24) is 9.97 Å². The molecule has 1 fully saturated rings. The molecular formula is C17H19F2N5O2S. The van der Waals surface area contributed by atoms with Crippen LogP contribution in [0.4, 0.5) is 20.3 Å². The van der Waals surface area contributed by atoms with Gasteiger partial charge in [0.1, 0.15) is 22.2 Å². The Bertz CT molecular complexity index is 827. The van der Waals surface area contributed by atoms with Crippen LogP contribution in [0.25, 0.3) is 0 Å². The minimum absolute atomic E-state index is 0.108. The lowest BCUT2D eigenvalue weighted by molar-refractivity contribution is -0.0221. The molecule has 3 heterocycles. The molecule has 0 aromatic carbocycles. The number of carbonyl (C=O) groups excluding carboxylic acids is 1. The van der Waals surface area contributed by atoms with Crippen LogP contribution in [0.2, 0.25) is 0 Å². The maximum Gasteiger partial charge on any atom is 0.263 e. The number of halogens is 2. The summed E-state index contributed by atoms with van der Waals surface area (Å²) in [5.74, 6) is -2.50. The normalized spacial score (nSPS) is 16.1. The third-order valence-corrected chi connectivity index (χ3v) is 4.71. The molecule has 0 bridgehead atoms. The zero-order chi connectivity index (χ0) is 19.4. The van der Waals surface area contributed by atoms with E-state index in [1.54, 1.807) is 23.1 Å². The summed E-state index contributed by atoms with van der Waals surface area (Å²) < 4.78 is 32.3. The molecule has 144 valence electrons. The topological polar surface area (TPSA) is 93.4 Å². The SMILES string of the molecule is COc1ccnc(N2CCC(F)(F)CC2)c1C(=O)Nc1ccnc(SN)c1. The molecule has 2 aromatic heterocycles. The number of nitrogens with one attached hydrogen (secondary N) is 1. The number of hydrogen-bond donors (Lipinski definition) is 2. The Hall–Kier alpha value is -2.46. The highest BCUT2D eigenvalue weighted by molar-refractivity contribution is 7.97. The van der Waals surface area contributed by atoms with Crippen molar-refractivity contribution in [3.05, 3.63) is 36.2 Å². The van der Waals surface area contributed by atoms with Gasteiger partial charge in [0.15, 0.2) is 0 Å². The summed E-state index contributed by atoms with van der Waals surface area (Å²) in [5.41, 5.74) is 0.703. The summed E-state index contributed by atoms with van der Waals surface area (Å²) in [6.45, 7) is 0.216. The van der Waals surface area contributed by atoms with Crippen LogP contribution >= 0.6 is 11.9 Å². The van der Waals surface area contributed by atoms with Gasteiger partial charge in [-0.05, 0) is 30.1 Å². The van der Waals surface area contributed by atoms with E-state index in [1.165, 1.54) is 19.5 Å². The lowest BCUT2D eigenvalue weighted by Gasteiger charge is -2.33. The Kier molecular flexibility index (Phi) is 5.76. The first-order valence-corrected chi connectivity index (χ1v) is 9.11. The molecule has 3 N–H and O–H groups in total. The molecule has 27 heavy (non-hydrogen) atoms. The van der Waals surface area contributed by atoms with Gasteiger partial charge >= 0.3 is 0 Å². The van der Waals surface area contributed by atoms with Gasteiger partial charge in [-0.25, -0.2) is 18.7 Å².